The molecule has 1 N–H and O–H groups in total. The number of rotatable bonds is 8. The quantitative estimate of drug-likeness (QED) is 0.386. The predicted octanol–water partition coefficient (Wildman–Crippen LogP) is 4.85. The number of anilines is 2. The summed E-state index contributed by atoms with van der Waals surface area (Å²) in [5, 5.41) is 4.30. The van der Waals surface area contributed by atoms with Crippen LogP contribution in [0.25, 0.3) is 10.1 Å². The standard InChI is InChI=1S/C28H30N4O2S/c1-34-24-9-5-7-22(19-24)20-27(33)29-23-8-4-6-21(18-23)12-13-31-14-16-32(17-15-31)28-25-10-2-3-11-26(25)35-30-28/h2-11,18-19H,12-17,20H2,1H3,(H,29,33). The molecule has 1 aliphatic heterocycles. The van der Waals surface area contributed by atoms with Gasteiger partial charge >= 0.3 is 0 Å². The molecule has 0 saturated carbocycles. The molecule has 7 heteroatoms. The van der Waals surface area contributed by atoms with Gasteiger partial charge in [-0.25, -0.2) is 0 Å². The van der Waals surface area contributed by atoms with Gasteiger partial charge in [-0.15, -0.1) is 0 Å². The number of benzene rings is 3. The van der Waals surface area contributed by atoms with Gasteiger partial charge in [-0.3, -0.25) is 9.69 Å². The maximum absolute atomic E-state index is 12.5. The van der Waals surface area contributed by atoms with E-state index in [9.17, 15) is 4.79 Å². The molecule has 1 amide bonds. The van der Waals surface area contributed by atoms with Crippen molar-refractivity contribution in [2.24, 2.45) is 0 Å². The molecule has 0 unspecified atom stereocenters. The van der Waals surface area contributed by atoms with Crippen molar-refractivity contribution >= 4 is 39.0 Å². The monoisotopic (exact) mass is 486 g/mol. The summed E-state index contributed by atoms with van der Waals surface area (Å²) in [4.78, 5) is 17.5. The molecule has 1 saturated heterocycles. The van der Waals surface area contributed by atoms with Crippen molar-refractivity contribution < 1.29 is 9.53 Å². The Kier molecular flexibility index (Phi) is 7.25. The Morgan fingerprint density at radius 2 is 1.77 bits per heavy atom. The molecule has 1 aromatic heterocycles. The largest absolute Gasteiger partial charge is 0.497 e. The van der Waals surface area contributed by atoms with Crippen LogP contribution in [0.1, 0.15) is 11.1 Å². The number of ether oxygens (including phenoxy) is 1. The zero-order chi connectivity index (χ0) is 24.0. The van der Waals surface area contributed by atoms with Crippen molar-refractivity contribution in [3.63, 3.8) is 0 Å². The first-order chi connectivity index (χ1) is 17.2. The van der Waals surface area contributed by atoms with E-state index in [1.165, 1.54) is 15.6 Å². The highest BCUT2D eigenvalue weighted by Gasteiger charge is 2.20. The van der Waals surface area contributed by atoms with Gasteiger partial charge in [0.1, 0.15) is 11.6 Å². The molecule has 5 rings (SSSR count). The molecular formula is C28H30N4O2S. The Morgan fingerprint density at radius 1 is 0.971 bits per heavy atom. The summed E-state index contributed by atoms with van der Waals surface area (Å²) < 4.78 is 11.2. The molecule has 0 radical (unpaired) electrons. The first kappa shape index (κ1) is 23.3. The van der Waals surface area contributed by atoms with Gasteiger partial charge in [0.05, 0.1) is 18.2 Å². The number of hydrogen-bond donors (Lipinski definition) is 1. The van der Waals surface area contributed by atoms with Gasteiger partial charge in [0.2, 0.25) is 5.91 Å². The van der Waals surface area contributed by atoms with Crippen molar-refractivity contribution in [2.45, 2.75) is 12.8 Å². The number of carbonyl (C=O) groups is 1. The van der Waals surface area contributed by atoms with Crippen LogP contribution in [0.4, 0.5) is 11.5 Å². The van der Waals surface area contributed by atoms with Gasteiger partial charge < -0.3 is 15.0 Å². The summed E-state index contributed by atoms with van der Waals surface area (Å²) in [6, 6.07) is 24.3. The molecular weight excluding hydrogens is 456 g/mol. The number of carbonyl (C=O) groups excluding carboxylic acids is 1. The summed E-state index contributed by atoms with van der Waals surface area (Å²) in [7, 11) is 1.63. The SMILES string of the molecule is COc1cccc(CC(=O)Nc2cccc(CCN3CCN(c4nsc5ccccc45)CC3)c2)c1. The first-order valence-corrected chi connectivity index (χ1v) is 12.8. The number of amides is 1. The van der Waals surface area contributed by atoms with Crippen LogP contribution in [0.5, 0.6) is 5.75 Å². The predicted molar refractivity (Wildman–Crippen MR) is 144 cm³/mol. The smallest absolute Gasteiger partial charge is 0.228 e. The molecule has 1 fully saturated rings. The third kappa shape index (κ3) is 5.81. The number of aromatic nitrogens is 1. The minimum absolute atomic E-state index is 0.0268. The molecule has 0 bridgehead atoms. The Balaban J connectivity index is 1.11. The van der Waals surface area contributed by atoms with Crippen molar-refractivity contribution in [2.75, 3.05) is 50.1 Å². The van der Waals surface area contributed by atoms with E-state index in [1.807, 2.05) is 36.4 Å². The Morgan fingerprint density at radius 3 is 2.63 bits per heavy atom. The summed E-state index contributed by atoms with van der Waals surface area (Å²) in [6.45, 7) is 5.06. The molecule has 3 aromatic carbocycles. The molecule has 0 atom stereocenters. The average Bonchev–Trinajstić information content (AvgIpc) is 3.32. The maximum atomic E-state index is 12.5. The van der Waals surface area contributed by atoms with Crippen LogP contribution in [-0.2, 0) is 17.6 Å². The highest BCUT2D eigenvalue weighted by atomic mass is 32.1. The summed E-state index contributed by atoms with van der Waals surface area (Å²) in [5.74, 6) is 1.86. The normalized spacial score (nSPS) is 14.3. The van der Waals surface area contributed by atoms with Gasteiger partial charge in [0, 0.05) is 43.8 Å². The van der Waals surface area contributed by atoms with Gasteiger partial charge in [-0.05, 0) is 65.5 Å². The molecule has 6 nitrogen and oxygen atoms in total. The number of methoxy groups -OCH3 is 1. The molecule has 4 aromatic rings. The van der Waals surface area contributed by atoms with Crippen LogP contribution in [0.15, 0.2) is 72.8 Å². The molecule has 0 aliphatic carbocycles. The number of nitrogens with zero attached hydrogens (tertiary/aromatic N) is 3. The number of piperazine rings is 1. The van der Waals surface area contributed by atoms with Gasteiger partial charge in [-0.2, -0.15) is 4.37 Å². The Hall–Kier alpha value is -3.42. The Labute approximate surface area is 210 Å². The van der Waals surface area contributed by atoms with E-state index >= 15 is 0 Å². The van der Waals surface area contributed by atoms with E-state index < -0.39 is 0 Å². The third-order valence-electron chi connectivity index (χ3n) is 6.46. The topological polar surface area (TPSA) is 57.7 Å². The van der Waals surface area contributed by atoms with Crippen LogP contribution in [0.2, 0.25) is 0 Å². The highest BCUT2D eigenvalue weighted by Crippen LogP contribution is 2.29. The maximum Gasteiger partial charge on any atom is 0.228 e. The molecule has 180 valence electrons. The fourth-order valence-corrected chi connectivity index (χ4v) is 5.34. The van der Waals surface area contributed by atoms with E-state index in [4.69, 9.17) is 9.11 Å². The summed E-state index contributed by atoms with van der Waals surface area (Å²) in [5.41, 5.74) is 3.01. The van der Waals surface area contributed by atoms with Crippen molar-refractivity contribution in [3.05, 3.63) is 83.9 Å². The second kappa shape index (κ2) is 10.9. The lowest BCUT2D eigenvalue weighted by Gasteiger charge is -2.35. The molecule has 1 aliphatic rings. The van der Waals surface area contributed by atoms with E-state index in [1.54, 1.807) is 18.6 Å². The van der Waals surface area contributed by atoms with Gasteiger partial charge in [0.25, 0.3) is 0 Å². The minimum Gasteiger partial charge on any atom is -0.497 e. The summed E-state index contributed by atoms with van der Waals surface area (Å²) >= 11 is 1.58. The number of nitrogens with one attached hydrogen (secondary N) is 1. The van der Waals surface area contributed by atoms with E-state index in [0.29, 0.717) is 6.42 Å². The lowest BCUT2D eigenvalue weighted by Crippen LogP contribution is -2.47. The number of fused-ring (bicyclic) bond motifs is 1. The first-order valence-electron chi connectivity index (χ1n) is 12.0. The van der Waals surface area contributed by atoms with Crippen LogP contribution in [-0.4, -0.2) is 55.0 Å². The lowest BCUT2D eigenvalue weighted by atomic mass is 10.1. The molecule has 0 spiro atoms. The third-order valence-corrected chi connectivity index (χ3v) is 7.27. The van der Waals surface area contributed by atoms with Crippen LogP contribution in [0, 0.1) is 0 Å². The van der Waals surface area contributed by atoms with E-state index in [2.05, 4.69) is 51.5 Å². The Bertz CT molecular complexity index is 1300. The molecule has 35 heavy (non-hydrogen) atoms. The van der Waals surface area contributed by atoms with Crippen molar-refractivity contribution in [3.8, 4) is 5.75 Å². The van der Waals surface area contributed by atoms with Crippen molar-refractivity contribution in [1.82, 2.24) is 9.27 Å². The van der Waals surface area contributed by atoms with Gasteiger partial charge in [0.15, 0.2) is 0 Å². The fourth-order valence-electron chi connectivity index (χ4n) is 4.55. The zero-order valence-electron chi connectivity index (χ0n) is 19.9. The second-order valence-electron chi connectivity index (χ2n) is 8.86. The second-order valence-corrected chi connectivity index (χ2v) is 9.66. The average molecular weight is 487 g/mol. The van der Waals surface area contributed by atoms with E-state index in [0.717, 1.165) is 62.0 Å². The summed E-state index contributed by atoms with van der Waals surface area (Å²) in [6.07, 6.45) is 1.28. The van der Waals surface area contributed by atoms with Crippen LogP contribution in [0.3, 0.4) is 0 Å². The minimum atomic E-state index is -0.0268. The zero-order valence-corrected chi connectivity index (χ0v) is 20.8. The highest BCUT2D eigenvalue weighted by molar-refractivity contribution is 7.13. The van der Waals surface area contributed by atoms with Crippen LogP contribution < -0.4 is 15.0 Å². The lowest BCUT2D eigenvalue weighted by molar-refractivity contribution is -0.115. The molecule has 2 heterocycles. The van der Waals surface area contributed by atoms with Crippen LogP contribution >= 0.6 is 11.5 Å². The number of hydrogen-bond acceptors (Lipinski definition) is 6. The fraction of sp³-hybridized carbons (Fsp3) is 0.286. The van der Waals surface area contributed by atoms with E-state index in [-0.39, 0.29) is 5.91 Å². The van der Waals surface area contributed by atoms with Gasteiger partial charge in [-0.1, -0.05) is 36.4 Å². The van der Waals surface area contributed by atoms with Crippen molar-refractivity contribution in [1.29, 1.82) is 0 Å².